The van der Waals surface area contributed by atoms with Gasteiger partial charge in [-0.3, -0.25) is 4.79 Å². The minimum atomic E-state index is -0.425. The lowest BCUT2D eigenvalue weighted by atomic mass is 9.73. The van der Waals surface area contributed by atoms with Crippen LogP contribution in [0.1, 0.15) is 34.1 Å². The number of rotatable bonds is 5. The molecule has 0 saturated heterocycles. The molecule has 2 heterocycles. The highest BCUT2D eigenvalue weighted by Crippen LogP contribution is 2.46. The van der Waals surface area contributed by atoms with Crippen LogP contribution in [0, 0.1) is 0 Å². The average Bonchev–Trinajstić information content (AvgIpc) is 3.38. The molecule has 152 valence electrons. The highest BCUT2D eigenvalue weighted by atomic mass is 32.1. The van der Waals surface area contributed by atoms with Crippen LogP contribution in [0.4, 0.5) is 5.69 Å². The monoisotopic (exact) mass is 422 g/mol. The summed E-state index contributed by atoms with van der Waals surface area (Å²) in [4.78, 5) is 14.6. The summed E-state index contributed by atoms with van der Waals surface area (Å²) in [7, 11) is 2.11. The molecule has 0 bridgehead atoms. The lowest BCUT2D eigenvalue weighted by molar-refractivity contribution is -0.401. The van der Waals surface area contributed by atoms with Gasteiger partial charge in [0.05, 0.1) is 5.41 Å². The summed E-state index contributed by atoms with van der Waals surface area (Å²) in [6.07, 6.45) is 4.78. The number of fused-ring (bicyclic) bond motifs is 3. The molecule has 3 heteroatoms. The maximum atomic E-state index is 13.4. The highest BCUT2D eigenvalue weighted by Gasteiger charge is 2.49. The Hall–Kier alpha value is -3.30. The maximum Gasteiger partial charge on any atom is 0.210 e. The van der Waals surface area contributed by atoms with E-state index in [2.05, 4.69) is 84.6 Å². The van der Waals surface area contributed by atoms with E-state index >= 15 is 0 Å². The summed E-state index contributed by atoms with van der Waals surface area (Å²) in [6.45, 7) is 2.22. The minimum absolute atomic E-state index is 0.166. The van der Waals surface area contributed by atoms with Gasteiger partial charge in [-0.05, 0) is 41.3 Å². The third-order valence-electron chi connectivity index (χ3n) is 6.31. The standard InChI is InChI=1S/C28H24NOS/c1-28(19-25(30)21-10-4-3-5-11-21)26(17-15-22-12-8-18-31-22)29(2)24-16-14-20-9-6-7-13-23(20)27(24)28/h3-18H,19H2,1-2H3/q+1/b17-15+. The molecule has 1 aliphatic heterocycles. The van der Waals surface area contributed by atoms with Crippen molar-refractivity contribution in [3.63, 3.8) is 0 Å². The van der Waals surface area contributed by atoms with Gasteiger partial charge < -0.3 is 0 Å². The third-order valence-corrected chi connectivity index (χ3v) is 7.14. The van der Waals surface area contributed by atoms with Gasteiger partial charge in [-0.15, -0.1) is 11.3 Å². The number of ketones is 1. The van der Waals surface area contributed by atoms with E-state index in [1.54, 1.807) is 11.3 Å². The summed E-state index contributed by atoms with van der Waals surface area (Å²) < 4.78 is 2.25. The van der Waals surface area contributed by atoms with Crippen LogP contribution in [0.25, 0.3) is 16.8 Å². The molecule has 0 N–H and O–H groups in total. The molecule has 5 rings (SSSR count). The lowest BCUT2D eigenvalue weighted by Gasteiger charge is -2.23. The van der Waals surface area contributed by atoms with E-state index in [0.29, 0.717) is 6.42 Å². The number of carbonyl (C=O) groups excluding carboxylic acids is 1. The largest absolute Gasteiger partial charge is 0.294 e. The van der Waals surface area contributed by atoms with Gasteiger partial charge in [0, 0.05) is 34.6 Å². The van der Waals surface area contributed by atoms with E-state index in [9.17, 15) is 4.79 Å². The van der Waals surface area contributed by atoms with Gasteiger partial charge in [0.1, 0.15) is 7.05 Å². The van der Waals surface area contributed by atoms with Crippen molar-refractivity contribution >= 4 is 45.4 Å². The van der Waals surface area contributed by atoms with Crippen LogP contribution >= 0.6 is 11.3 Å². The molecule has 3 aromatic carbocycles. The fourth-order valence-electron chi connectivity index (χ4n) is 4.82. The van der Waals surface area contributed by atoms with E-state index in [-0.39, 0.29) is 5.78 Å². The highest BCUT2D eigenvalue weighted by molar-refractivity contribution is 7.10. The van der Waals surface area contributed by atoms with E-state index in [4.69, 9.17) is 0 Å². The van der Waals surface area contributed by atoms with Crippen molar-refractivity contribution in [3.05, 3.63) is 106 Å². The molecule has 0 amide bonds. The summed E-state index contributed by atoms with van der Waals surface area (Å²) in [5, 5.41) is 4.51. The minimum Gasteiger partial charge on any atom is -0.294 e. The molecule has 1 unspecified atom stereocenters. The fourth-order valence-corrected chi connectivity index (χ4v) is 5.43. The number of hydrogen-bond donors (Lipinski definition) is 0. The molecule has 1 atom stereocenters. The molecule has 1 aliphatic rings. The van der Waals surface area contributed by atoms with Gasteiger partial charge in [0.2, 0.25) is 5.69 Å². The summed E-state index contributed by atoms with van der Waals surface area (Å²) in [5.41, 5.74) is 3.90. The van der Waals surface area contributed by atoms with Crippen molar-refractivity contribution in [2.24, 2.45) is 0 Å². The van der Waals surface area contributed by atoms with Gasteiger partial charge >= 0.3 is 0 Å². The summed E-state index contributed by atoms with van der Waals surface area (Å²) >= 11 is 1.72. The van der Waals surface area contributed by atoms with E-state index < -0.39 is 5.41 Å². The quantitative estimate of drug-likeness (QED) is 0.254. The Labute approximate surface area is 186 Å². The molecule has 0 saturated carbocycles. The van der Waals surface area contributed by atoms with Crippen LogP contribution in [-0.2, 0) is 5.41 Å². The van der Waals surface area contributed by atoms with Gasteiger partial charge in [0.25, 0.3) is 0 Å². The molecule has 0 radical (unpaired) electrons. The Morgan fingerprint density at radius 1 is 0.935 bits per heavy atom. The molecule has 0 spiro atoms. The van der Waals surface area contributed by atoms with Crippen molar-refractivity contribution in [2.45, 2.75) is 18.8 Å². The molecular formula is C28H24NOS+. The molecular weight excluding hydrogens is 398 g/mol. The molecule has 0 fully saturated rings. The number of benzene rings is 3. The molecule has 0 aliphatic carbocycles. The number of nitrogens with zero attached hydrogens (tertiary/aromatic N) is 1. The van der Waals surface area contributed by atoms with Crippen molar-refractivity contribution in [3.8, 4) is 0 Å². The van der Waals surface area contributed by atoms with Crippen molar-refractivity contribution in [1.82, 2.24) is 0 Å². The Morgan fingerprint density at radius 2 is 1.71 bits per heavy atom. The van der Waals surface area contributed by atoms with Gasteiger partial charge in [0.15, 0.2) is 11.5 Å². The molecule has 2 nitrogen and oxygen atoms in total. The topological polar surface area (TPSA) is 20.1 Å². The number of hydrogen-bond acceptors (Lipinski definition) is 2. The Morgan fingerprint density at radius 3 is 2.48 bits per heavy atom. The predicted molar refractivity (Wildman–Crippen MR) is 131 cm³/mol. The average molecular weight is 423 g/mol. The van der Waals surface area contributed by atoms with Crippen LogP contribution in [0.5, 0.6) is 0 Å². The first-order valence-electron chi connectivity index (χ1n) is 10.5. The summed E-state index contributed by atoms with van der Waals surface area (Å²) in [5.74, 6) is 0.166. The zero-order valence-electron chi connectivity index (χ0n) is 17.7. The lowest BCUT2D eigenvalue weighted by Crippen LogP contribution is -2.33. The number of carbonyl (C=O) groups is 1. The Bertz CT molecular complexity index is 1330. The zero-order chi connectivity index (χ0) is 21.4. The predicted octanol–water partition coefficient (Wildman–Crippen LogP) is 6.87. The molecule has 31 heavy (non-hydrogen) atoms. The SMILES string of the molecule is C[N+]1=C(/C=C/c2cccs2)C(C)(CC(=O)c2ccccc2)c2c1ccc1ccccc21. The second kappa shape index (κ2) is 7.75. The normalized spacial score (nSPS) is 18.1. The Kier molecular flexibility index (Phi) is 4.91. The second-order valence-corrected chi connectivity index (χ2v) is 9.25. The first-order chi connectivity index (χ1) is 15.1. The smallest absolute Gasteiger partial charge is 0.210 e. The summed E-state index contributed by atoms with van der Waals surface area (Å²) in [6, 6.07) is 26.7. The van der Waals surface area contributed by atoms with Crippen molar-refractivity contribution < 1.29 is 9.37 Å². The maximum absolute atomic E-state index is 13.4. The Balaban J connectivity index is 1.68. The van der Waals surface area contributed by atoms with Crippen LogP contribution in [0.3, 0.4) is 0 Å². The third kappa shape index (κ3) is 3.35. The molecule has 4 aromatic rings. The second-order valence-electron chi connectivity index (χ2n) is 8.27. The number of allylic oxidation sites excluding steroid dienone is 1. The van der Waals surface area contributed by atoms with Crippen molar-refractivity contribution in [1.29, 1.82) is 0 Å². The van der Waals surface area contributed by atoms with Crippen LogP contribution in [0.2, 0.25) is 0 Å². The van der Waals surface area contributed by atoms with Gasteiger partial charge in [-0.2, -0.15) is 4.58 Å². The van der Waals surface area contributed by atoms with E-state index in [0.717, 1.165) is 11.3 Å². The van der Waals surface area contributed by atoms with E-state index in [1.807, 2.05) is 30.3 Å². The number of thiophene rings is 1. The van der Waals surface area contributed by atoms with Crippen LogP contribution in [0.15, 0.2) is 90.3 Å². The number of Topliss-reactive ketones (excluding diaryl/α,β-unsaturated/α-hetero) is 1. The van der Waals surface area contributed by atoms with Gasteiger partial charge in [-0.1, -0.05) is 60.7 Å². The first kappa shape index (κ1) is 19.7. The van der Waals surface area contributed by atoms with Crippen LogP contribution < -0.4 is 0 Å². The van der Waals surface area contributed by atoms with E-state index in [1.165, 1.54) is 26.9 Å². The first-order valence-corrected chi connectivity index (χ1v) is 11.4. The fraction of sp³-hybridized carbons (Fsp3) is 0.143. The van der Waals surface area contributed by atoms with Gasteiger partial charge in [-0.25, -0.2) is 0 Å². The van der Waals surface area contributed by atoms with Crippen LogP contribution in [-0.4, -0.2) is 23.1 Å². The van der Waals surface area contributed by atoms with Crippen molar-refractivity contribution in [2.75, 3.05) is 7.05 Å². The molecule has 1 aromatic heterocycles. The zero-order valence-corrected chi connectivity index (χ0v) is 18.5.